The van der Waals surface area contributed by atoms with Gasteiger partial charge in [-0.15, -0.1) is 0 Å². The Balaban J connectivity index is 1.94. The lowest BCUT2D eigenvalue weighted by Gasteiger charge is -2.22. The molecule has 0 aliphatic carbocycles. The van der Waals surface area contributed by atoms with E-state index in [0.29, 0.717) is 0 Å². The Hall–Kier alpha value is -2.08. The van der Waals surface area contributed by atoms with Crippen LogP contribution in [0.25, 0.3) is 0 Å². The van der Waals surface area contributed by atoms with E-state index in [2.05, 4.69) is 0 Å². The fourth-order valence-electron chi connectivity index (χ4n) is 2.28. The smallest absolute Gasteiger partial charge is 0.410 e. The zero-order valence-corrected chi connectivity index (χ0v) is 11.9. The van der Waals surface area contributed by atoms with E-state index in [4.69, 9.17) is 9.47 Å². The Morgan fingerprint density at radius 2 is 2.00 bits per heavy atom. The number of ether oxygens (including phenoxy) is 2. The number of β-amino-alcohol motifs (C(OH)–C–C–N with tert-alkyl or cyclic N) is 1. The maximum absolute atomic E-state index is 12.1. The molecule has 1 heterocycles. The third kappa shape index (κ3) is 3.95. The van der Waals surface area contributed by atoms with Gasteiger partial charge >= 0.3 is 12.1 Å². The molecule has 1 fully saturated rings. The van der Waals surface area contributed by atoms with Crippen LogP contribution in [0.2, 0.25) is 0 Å². The van der Waals surface area contributed by atoms with Crippen molar-refractivity contribution in [1.29, 1.82) is 0 Å². The molecule has 0 spiro atoms. The van der Waals surface area contributed by atoms with Crippen LogP contribution >= 0.6 is 0 Å². The predicted octanol–water partition coefficient (Wildman–Crippen LogP) is 1.32. The molecule has 1 aromatic rings. The number of aliphatic hydroxyl groups excluding tert-OH is 1. The summed E-state index contributed by atoms with van der Waals surface area (Å²) in [4.78, 5) is 25.1. The van der Waals surface area contributed by atoms with Crippen LogP contribution in [0.1, 0.15) is 18.9 Å². The Labute approximate surface area is 123 Å². The molecule has 1 N–H and O–H groups in total. The van der Waals surface area contributed by atoms with Gasteiger partial charge in [0.2, 0.25) is 0 Å². The summed E-state index contributed by atoms with van der Waals surface area (Å²) >= 11 is 0. The van der Waals surface area contributed by atoms with E-state index in [-0.39, 0.29) is 26.2 Å². The van der Waals surface area contributed by atoms with Crippen molar-refractivity contribution in [2.75, 3.05) is 13.2 Å². The Morgan fingerprint density at radius 1 is 1.29 bits per heavy atom. The molecule has 2 atom stereocenters. The van der Waals surface area contributed by atoms with Crippen molar-refractivity contribution >= 4 is 12.1 Å². The predicted molar refractivity (Wildman–Crippen MR) is 74.4 cm³/mol. The molecular formula is C15H19NO5. The lowest BCUT2D eigenvalue weighted by atomic mass is 10.2. The summed E-state index contributed by atoms with van der Waals surface area (Å²) in [6.07, 6.45) is -1.17. The number of hydrogen-bond donors (Lipinski definition) is 1. The number of rotatable bonds is 4. The molecule has 0 unspecified atom stereocenters. The number of esters is 1. The Morgan fingerprint density at radius 3 is 2.67 bits per heavy atom. The van der Waals surface area contributed by atoms with Crippen LogP contribution in [0, 0.1) is 0 Å². The highest BCUT2D eigenvalue weighted by molar-refractivity contribution is 5.82. The number of carbonyl (C=O) groups excluding carboxylic acids is 2. The van der Waals surface area contributed by atoms with Gasteiger partial charge in [0.25, 0.3) is 0 Å². The zero-order valence-electron chi connectivity index (χ0n) is 11.9. The van der Waals surface area contributed by atoms with Gasteiger partial charge < -0.3 is 14.6 Å². The van der Waals surface area contributed by atoms with E-state index in [1.165, 1.54) is 4.90 Å². The molecule has 21 heavy (non-hydrogen) atoms. The molecule has 0 aromatic heterocycles. The minimum atomic E-state index is -0.775. The van der Waals surface area contributed by atoms with Crippen molar-refractivity contribution in [1.82, 2.24) is 4.90 Å². The van der Waals surface area contributed by atoms with Crippen LogP contribution in [0.5, 0.6) is 0 Å². The molecule has 0 saturated carbocycles. The van der Waals surface area contributed by atoms with E-state index in [1.54, 1.807) is 6.92 Å². The molecule has 1 aliphatic heterocycles. The normalized spacial score (nSPS) is 21.1. The Kier molecular flexibility index (Phi) is 5.16. The van der Waals surface area contributed by atoms with Crippen LogP contribution in [-0.4, -0.2) is 47.4 Å². The summed E-state index contributed by atoms with van der Waals surface area (Å²) in [5, 5.41) is 9.66. The van der Waals surface area contributed by atoms with Gasteiger partial charge in [0.15, 0.2) is 0 Å². The molecular weight excluding hydrogens is 274 g/mol. The number of nitrogens with zero attached hydrogens (tertiary/aromatic N) is 1. The summed E-state index contributed by atoms with van der Waals surface area (Å²) in [5.41, 5.74) is 0.860. The highest BCUT2D eigenvalue weighted by atomic mass is 16.6. The van der Waals surface area contributed by atoms with E-state index < -0.39 is 24.2 Å². The molecule has 1 aliphatic rings. The van der Waals surface area contributed by atoms with Gasteiger partial charge in [-0.1, -0.05) is 30.3 Å². The summed E-state index contributed by atoms with van der Waals surface area (Å²) in [5.74, 6) is -0.509. The summed E-state index contributed by atoms with van der Waals surface area (Å²) < 4.78 is 10.1. The topological polar surface area (TPSA) is 76.1 Å². The molecule has 0 radical (unpaired) electrons. The van der Waals surface area contributed by atoms with Gasteiger partial charge in [0.05, 0.1) is 19.3 Å². The average Bonchev–Trinajstić information content (AvgIpc) is 2.88. The molecule has 0 bridgehead atoms. The molecule has 1 aromatic carbocycles. The van der Waals surface area contributed by atoms with Gasteiger partial charge in [-0.3, -0.25) is 4.90 Å². The largest absolute Gasteiger partial charge is 0.464 e. The van der Waals surface area contributed by atoms with Crippen LogP contribution < -0.4 is 0 Å². The van der Waals surface area contributed by atoms with Gasteiger partial charge in [0.1, 0.15) is 12.6 Å². The fraction of sp³-hybridized carbons (Fsp3) is 0.467. The SMILES string of the molecule is CCOC(=O)[C@H]1C[C@H](O)CN1C(=O)OCc1ccccc1. The van der Waals surface area contributed by atoms with Gasteiger partial charge in [-0.25, -0.2) is 9.59 Å². The van der Waals surface area contributed by atoms with Crippen molar-refractivity contribution in [3.63, 3.8) is 0 Å². The summed E-state index contributed by atoms with van der Waals surface area (Å²) in [6, 6.07) is 8.49. The maximum Gasteiger partial charge on any atom is 0.410 e. The van der Waals surface area contributed by atoms with E-state index >= 15 is 0 Å². The van der Waals surface area contributed by atoms with E-state index in [9.17, 15) is 14.7 Å². The van der Waals surface area contributed by atoms with Gasteiger partial charge in [-0.2, -0.15) is 0 Å². The maximum atomic E-state index is 12.1. The highest BCUT2D eigenvalue weighted by Crippen LogP contribution is 2.20. The van der Waals surface area contributed by atoms with E-state index in [1.807, 2.05) is 30.3 Å². The van der Waals surface area contributed by atoms with Crippen molar-refractivity contribution in [3.05, 3.63) is 35.9 Å². The number of hydrogen-bond acceptors (Lipinski definition) is 5. The first-order chi connectivity index (χ1) is 10.1. The van der Waals surface area contributed by atoms with Crippen LogP contribution in [0.4, 0.5) is 4.79 Å². The first-order valence-corrected chi connectivity index (χ1v) is 6.93. The first kappa shape index (κ1) is 15.3. The number of benzene rings is 1. The molecule has 1 saturated heterocycles. The van der Waals surface area contributed by atoms with Crippen LogP contribution in [0.3, 0.4) is 0 Å². The van der Waals surface area contributed by atoms with Gasteiger partial charge in [0, 0.05) is 6.42 Å². The molecule has 114 valence electrons. The van der Waals surface area contributed by atoms with E-state index in [0.717, 1.165) is 5.56 Å². The van der Waals surface area contributed by atoms with Crippen molar-refractivity contribution < 1.29 is 24.2 Å². The highest BCUT2D eigenvalue weighted by Gasteiger charge is 2.40. The lowest BCUT2D eigenvalue weighted by molar-refractivity contribution is -0.148. The summed E-state index contributed by atoms with van der Waals surface area (Å²) in [6.45, 7) is 2.14. The molecule has 6 heteroatoms. The molecule has 2 rings (SSSR count). The van der Waals surface area contributed by atoms with Crippen LogP contribution in [0.15, 0.2) is 30.3 Å². The number of likely N-dealkylation sites (tertiary alicyclic amines) is 1. The monoisotopic (exact) mass is 293 g/mol. The third-order valence-electron chi connectivity index (χ3n) is 3.28. The molecule has 1 amide bonds. The minimum Gasteiger partial charge on any atom is -0.464 e. The third-order valence-corrected chi connectivity index (χ3v) is 3.28. The summed E-state index contributed by atoms with van der Waals surface area (Å²) in [7, 11) is 0. The second-order valence-corrected chi connectivity index (χ2v) is 4.85. The lowest BCUT2D eigenvalue weighted by Crippen LogP contribution is -2.41. The van der Waals surface area contributed by atoms with Crippen molar-refractivity contribution in [3.8, 4) is 0 Å². The second kappa shape index (κ2) is 7.08. The van der Waals surface area contributed by atoms with Gasteiger partial charge in [-0.05, 0) is 12.5 Å². The first-order valence-electron chi connectivity index (χ1n) is 6.93. The number of aliphatic hydroxyl groups is 1. The molecule has 6 nitrogen and oxygen atoms in total. The Bertz CT molecular complexity index is 490. The van der Waals surface area contributed by atoms with Crippen molar-refractivity contribution in [2.45, 2.75) is 32.1 Å². The zero-order chi connectivity index (χ0) is 15.2. The number of carbonyl (C=O) groups is 2. The quantitative estimate of drug-likeness (QED) is 0.847. The standard InChI is InChI=1S/C15H19NO5/c1-2-20-14(18)13-8-12(17)9-16(13)15(19)21-10-11-6-4-3-5-7-11/h3-7,12-13,17H,2,8-10H2,1H3/t12-,13+/m0/s1. The van der Waals surface area contributed by atoms with Crippen LogP contribution in [-0.2, 0) is 20.9 Å². The fourth-order valence-corrected chi connectivity index (χ4v) is 2.28. The number of amides is 1. The second-order valence-electron chi connectivity index (χ2n) is 4.85. The minimum absolute atomic E-state index is 0.0805. The average molecular weight is 293 g/mol. The van der Waals surface area contributed by atoms with Crippen molar-refractivity contribution in [2.24, 2.45) is 0 Å².